The molecule has 25 heavy (non-hydrogen) atoms. The highest BCUT2D eigenvalue weighted by molar-refractivity contribution is 6.74. The standard InChI is InChI=1S/C24H46Si/c1-4-7-10-13-16-19-22-25(23-20-17-14-11-8-5-2)24-21-18-15-12-9-6-3/h19-25H,4-18H2,1-3H3. The third kappa shape index (κ3) is 19.6. The van der Waals surface area contributed by atoms with Gasteiger partial charge in [0.15, 0.2) is 0 Å². The number of rotatable bonds is 18. The fourth-order valence-electron chi connectivity index (χ4n) is 3.02. The first kappa shape index (κ1) is 24.4. The summed E-state index contributed by atoms with van der Waals surface area (Å²) < 4.78 is 0. The van der Waals surface area contributed by atoms with Crippen molar-refractivity contribution in [2.45, 2.75) is 117 Å². The van der Waals surface area contributed by atoms with Gasteiger partial charge in [0.1, 0.15) is 8.80 Å². The molecule has 0 N–H and O–H groups in total. The first-order valence-electron chi connectivity index (χ1n) is 11.3. The minimum atomic E-state index is -0.952. The van der Waals surface area contributed by atoms with E-state index >= 15 is 0 Å². The molecule has 0 nitrogen and oxygen atoms in total. The van der Waals surface area contributed by atoms with E-state index in [1.165, 1.54) is 96.3 Å². The largest absolute Gasteiger partial charge is 0.108 e. The molecule has 0 aromatic carbocycles. The van der Waals surface area contributed by atoms with Gasteiger partial charge in [-0.2, -0.15) is 0 Å². The minimum absolute atomic E-state index is 0.952. The van der Waals surface area contributed by atoms with E-state index in [-0.39, 0.29) is 0 Å². The molecule has 0 unspecified atom stereocenters. The lowest BCUT2D eigenvalue weighted by molar-refractivity contribution is 0.674. The van der Waals surface area contributed by atoms with Crippen molar-refractivity contribution in [1.82, 2.24) is 0 Å². The zero-order chi connectivity index (χ0) is 18.4. The highest BCUT2D eigenvalue weighted by Gasteiger charge is 1.97. The predicted octanol–water partition coefficient (Wildman–Crippen LogP) is 8.41. The summed E-state index contributed by atoms with van der Waals surface area (Å²) in [4.78, 5) is 0. The molecule has 1 heteroatoms. The summed E-state index contributed by atoms with van der Waals surface area (Å²) in [6.45, 7) is 6.86. The van der Waals surface area contributed by atoms with E-state index in [9.17, 15) is 0 Å². The molecule has 0 saturated heterocycles. The smallest absolute Gasteiger partial charge is 0.0938 e. The average Bonchev–Trinajstić information content (AvgIpc) is 2.63. The molecule has 0 saturated carbocycles. The first-order valence-corrected chi connectivity index (χ1v) is 13.3. The van der Waals surface area contributed by atoms with E-state index in [2.05, 4.69) is 56.1 Å². The maximum absolute atomic E-state index is 2.55. The highest BCUT2D eigenvalue weighted by atomic mass is 28.3. The van der Waals surface area contributed by atoms with Gasteiger partial charge in [0.2, 0.25) is 0 Å². The van der Waals surface area contributed by atoms with E-state index in [1.54, 1.807) is 0 Å². The van der Waals surface area contributed by atoms with Gasteiger partial charge in [-0.25, -0.2) is 0 Å². The second kappa shape index (κ2) is 21.5. The fourth-order valence-corrected chi connectivity index (χ4v) is 4.92. The van der Waals surface area contributed by atoms with Crippen molar-refractivity contribution >= 4 is 8.80 Å². The molecule has 0 spiro atoms. The van der Waals surface area contributed by atoms with Crippen LogP contribution in [0, 0.1) is 0 Å². The Hall–Kier alpha value is -0.563. The lowest BCUT2D eigenvalue weighted by Gasteiger charge is -2.01. The zero-order valence-electron chi connectivity index (χ0n) is 17.6. The maximum Gasteiger partial charge on any atom is 0.108 e. The Labute approximate surface area is 161 Å². The summed E-state index contributed by atoms with van der Waals surface area (Å²) in [5.41, 5.74) is 7.66. The van der Waals surface area contributed by atoms with Crippen LogP contribution in [0.15, 0.2) is 35.3 Å². The Morgan fingerprint density at radius 1 is 0.440 bits per heavy atom. The molecule has 0 aliphatic heterocycles. The lowest BCUT2D eigenvalue weighted by Crippen LogP contribution is -2.01. The Morgan fingerprint density at radius 2 is 0.760 bits per heavy atom. The Kier molecular flexibility index (Phi) is 21.0. The van der Waals surface area contributed by atoms with Crippen LogP contribution in [0.4, 0.5) is 0 Å². The molecule has 0 aromatic heterocycles. The van der Waals surface area contributed by atoms with E-state index in [4.69, 9.17) is 0 Å². The summed E-state index contributed by atoms with van der Waals surface area (Å²) >= 11 is 0. The molecule has 146 valence electrons. The normalized spacial score (nSPS) is 13.6. The quantitative estimate of drug-likeness (QED) is 0.169. The van der Waals surface area contributed by atoms with Gasteiger partial charge in [0.05, 0.1) is 0 Å². The average molecular weight is 363 g/mol. The molecule has 0 atom stereocenters. The fraction of sp³-hybridized carbons (Fsp3) is 0.750. The number of hydrogen-bond donors (Lipinski definition) is 0. The number of hydrogen-bond acceptors (Lipinski definition) is 0. The van der Waals surface area contributed by atoms with Crippen LogP contribution in [0.3, 0.4) is 0 Å². The summed E-state index contributed by atoms with van der Waals surface area (Å²) in [5, 5.41) is 0. The summed E-state index contributed by atoms with van der Waals surface area (Å²) in [7, 11) is -0.952. The third-order valence-corrected chi connectivity index (χ3v) is 6.90. The van der Waals surface area contributed by atoms with Crippen molar-refractivity contribution in [1.29, 1.82) is 0 Å². The summed E-state index contributed by atoms with van der Waals surface area (Å²) in [5.74, 6) is 0. The van der Waals surface area contributed by atoms with Gasteiger partial charge in [-0.15, -0.1) is 0 Å². The van der Waals surface area contributed by atoms with Crippen LogP contribution in [0.1, 0.15) is 117 Å². The Bertz CT molecular complexity index is 275. The molecule has 0 bridgehead atoms. The first-order chi connectivity index (χ1) is 12.3. The monoisotopic (exact) mass is 362 g/mol. The molecule has 0 aliphatic rings. The second-order valence-corrected chi connectivity index (χ2v) is 9.72. The minimum Gasteiger partial charge on any atom is -0.0938 e. The zero-order valence-corrected chi connectivity index (χ0v) is 18.8. The molecule has 0 radical (unpaired) electrons. The molecule has 0 aliphatic carbocycles. The van der Waals surface area contributed by atoms with Gasteiger partial charge in [0, 0.05) is 0 Å². The molecular formula is C24H46Si. The Balaban J connectivity index is 4.17. The van der Waals surface area contributed by atoms with Gasteiger partial charge >= 0.3 is 0 Å². The molecular weight excluding hydrogens is 316 g/mol. The molecule has 0 fully saturated rings. The molecule has 0 rings (SSSR count). The van der Waals surface area contributed by atoms with Gasteiger partial charge < -0.3 is 0 Å². The maximum atomic E-state index is 2.55. The van der Waals surface area contributed by atoms with Crippen LogP contribution >= 0.6 is 0 Å². The van der Waals surface area contributed by atoms with Gasteiger partial charge in [-0.3, -0.25) is 0 Å². The van der Waals surface area contributed by atoms with E-state index in [0.29, 0.717) is 0 Å². The van der Waals surface area contributed by atoms with E-state index in [0.717, 1.165) is 0 Å². The van der Waals surface area contributed by atoms with Gasteiger partial charge in [-0.05, 0) is 38.5 Å². The van der Waals surface area contributed by atoms with Crippen molar-refractivity contribution in [3.05, 3.63) is 35.3 Å². The predicted molar refractivity (Wildman–Crippen MR) is 121 cm³/mol. The third-order valence-electron chi connectivity index (χ3n) is 4.75. The summed E-state index contributed by atoms with van der Waals surface area (Å²) in [6, 6.07) is 0. The van der Waals surface area contributed by atoms with Crippen molar-refractivity contribution in [2.75, 3.05) is 0 Å². The lowest BCUT2D eigenvalue weighted by atomic mass is 10.2. The van der Waals surface area contributed by atoms with Crippen LogP contribution in [-0.2, 0) is 0 Å². The molecule has 0 heterocycles. The van der Waals surface area contributed by atoms with E-state index < -0.39 is 8.80 Å². The van der Waals surface area contributed by atoms with Crippen LogP contribution < -0.4 is 0 Å². The van der Waals surface area contributed by atoms with Crippen LogP contribution in [-0.4, -0.2) is 8.80 Å². The van der Waals surface area contributed by atoms with Gasteiger partial charge in [-0.1, -0.05) is 114 Å². The van der Waals surface area contributed by atoms with E-state index in [1.807, 2.05) is 0 Å². The molecule has 0 amide bonds. The number of unbranched alkanes of at least 4 members (excludes halogenated alkanes) is 12. The van der Waals surface area contributed by atoms with Crippen LogP contribution in [0.25, 0.3) is 0 Å². The van der Waals surface area contributed by atoms with Crippen molar-refractivity contribution in [3.63, 3.8) is 0 Å². The number of allylic oxidation sites excluding steroid dienone is 3. The highest BCUT2D eigenvalue weighted by Crippen LogP contribution is 2.07. The SMILES string of the molecule is CCCCCCC=C[SiH](C=CCCCCCC)C=CCCCCCC. The second-order valence-electron chi connectivity index (χ2n) is 7.41. The topological polar surface area (TPSA) is 0 Å². The van der Waals surface area contributed by atoms with Crippen molar-refractivity contribution < 1.29 is 0 Å². The summed E-state index contributed by atoms with van der Waals surface area (Å²) in [6.07, 6.45) is 27.7. The van der Waals surface area contributed by atoms with Gasteiger partial charge in [0.25, 0.3) is 0 Å². The molecule has 0 aromatic rings. The van der Waals surface area contributed by atoms with Crippen molar-refractivity contribution in [3.8, 4) is 0 Å². The van der Waals surface area contributed by atoms with Crippen LogP contribution in [0.2, 0.25) is 0 Å². The Morgan fingerprint density at radius 3 is 1.04 bits per heavy atom. The van der Waals surface area contributed by atoms with Crippen molar-refractivity contribution in [2.24, 2.45) is 0 Å². The van der Waals surface area contributed by atoms with Crippen LogP contribution in [0.5, 0.6) is 0 Å².